The normalized spacial score (nSPS) is 21.4. The molecule has 118 valence electrons. The molecular weight excluding hydrogens is 260 g/mol. The van der Waals surface area contributed by atoms with Gasteiger partial charge in [0.25, 0.3) is 0 Å². The van der Waals surface area contributed by atoms with Gasteiger partial charge < -0.3 is 10.1 Å². The maximum atomic E-state index is 6.15. The monoisotopic (exact) mass is 290 g/mol. The molecule has 1 fully saturated rings. The number of rotatable bonds is 5. The third kappa shape index (κ3) is 5.10. The molecule has 0 spiro atoms. The van der Waals surface area contributed by atoms with Gasteiger partial charge in [-0.25, -0.2) is 0 Å². The Hall–Kier alpha value is -0.900. The van der Waals surface area contributed by atoms with Gasteiger partial charge in [-0.1, -0.05) is 31.2 Å². The molecule has 0 aliphatic carbocycles. The summed E-state index contributed by atoms with van der Waals surface area (Å²) >= 11 is 0. The molecule has 0 atom stereocenters. The molecule has 2 rings (SSSR count). The Morgan fingerprint density at radius 3 is 2.33 bits per heavy atom. The van der Waals surface area contributed by atoms with E-state index in [1.165, 1.54) is 11.1 Å². The molecule has 21 heavy (non-hydrogen) atoms. The maximum Gasteiger partial charge on any atom is 0.0760 e. The second kappa shape index (κ2) is 6.47. The lowest BCUT2D eigenvalue weighted by molar-refractivity contribution is -0.182. The van der Waals surface area contributed by atoms with Gasteiger partial charge in [0.1, 0.15) is 0 Å². The molecule has 1 aromatic rings. The smallest absolute Gasteiger partial charge is 0.0760 e. The lowest BCUT2D eigenvalue weighted by Gasteiger charge is -2.47. The standard InChI is InChI=1S/C18H30N2O/c1-6-19-11-15-8-7-9-16(10-15)12-20-13-17(2,3)21-18(4,5)14-20/h7-10,19H,6,11-14H2,1-5H3. The van der Waals surface area contributed by atoms with E-state index < -0.39 is 0 Å². The van der Waals surface area contributed by atoms with Gasteiger partial charge in [-0.2, -0.15) is 0 Å². The molecule has 3 nitrogen and oxygen atoms in total. The largest absolute Gasteiger partial charge is 0.367 e. The van der Waals surface area contributed by atoms with Crippen LogP contribution in [-0.4, -0.2) is 35.7 Å². The van der Waals surface area contributed by atoms with Gasteiger partial charge in [-0.05, 0) is 45.4 Å². The molecule has 1 aliphatic heterocycles. The summed E-state index contributed by atoms with van der Waals surface area (Å²) in [7, 11) is 0. The first-order valence-corrected chi connectivity index (χ1v) is 8.01. The molecule has 3 heteroatoms. The predicted octanol–water partition coefficient (Wildman–Crippen LogP) is 3.19. The Kier molecular flexibility index (Phi) is 5.07. The molecule has 0 aromatic heterocycles. The molecule has 1 saturated heterocycles. The zero-order valence-corrected chi connectivity index (χ0v) is 14.2. The second-order valence-corrected chi connectivity index (χ2v) is 7.37. The average molecular weight is 290 g/mol. The van der Waals surface area contributed by atoms with Crippen molar-refractivity contribution in [2.24, 2.45) is 0 Å². The summed E-state index contributed by atoms with van der Waals surface area (Å²) in [5, 5.41) is 3.39. The van der Waals surface area contributed by atoms with Gasteiger partial charge in [0, 0.05) is 26.2 Å². The average Bonchev–Trinajstić information content (AvgIpc) is 2.33. The third-order valence-corrected chi connectivity index (χ3v) is 3.74. The minimum absolute atomic E-state index is 0.0802. The Morgan fingerprint density at radius 1 is 1.10 bits per heavy atom. The van der Waals surface area contributed by atoms with E-state index in [0.29, 0.717) is 0 Å². The Morgan fingerprint density at radius 2 is 1.71 bits per heavy atom. The number of ether oxygens (including phenoxy) is 1. The lowest BCUT2D eigenvalue weighted by atomic mass is 9.98. The summed E-state index contributed by atoms with van der Waals surface area (Å²) in [6, 6.07) is 8.90. The van der Waals surface area contributed by atoms with E-state index in [1.807, 2.05) is 0 Å². The van der Waals surface area contributed by atoms with Crippen molar-refractivity contribution < 1.29 is 4.74 Å². The summed E-state index contributed by atoms with van der Waals surface area (Å²) in [6.45, 7) is 15.8. The fraction of sp³-hybridized carbons (Fsp3) is 0.667. The molecule has 0 amide bonds. The molecule has 1 aromatic carbocycles. The number of nitrogens with zero attached hydrogens (tertiary/aromatic N) is 1. The van der Waals surface area contributed by atoms with E-state index in [-0.39, 0.29) is 11.2 Å². The fourth-order valence-corrected chi connectivity index (χ4v) is 3.42. The van der Waals surface area contributed by atoms with E-state index in [0.717, 1.165) is 32.7 Å². The van der Waals surface area contributed by atoms with Crippen LogP contribution in [0, 0.1) is 0 Å². The summed E-state index contributed by atoms with van der Waals surface area (Å²) in [6.07, 6.45) is 0. The fourth-order valence-electron chi connectivity index (χ4n) is 3.42. The number of nitrogens with one attached hydrogen (secondary N) is 1. The van der Waals surface area contributed by atoms with Gasteiger partial charge in [0.05, 0.1) is 11.2 Å². The van der Waals surface area contributed by atoms with E-state index >= 15 is 0 Å². The summed E-state index contributed by atoms with van der Waals surface area (Å²) in [5.74, 6) is 0. The minimum atomic E-state index is -0.0802. The SMILES string of the molecule is CCNCc1cccc(CN2CC(C)(C)OC(C)(C)C2)c1. The highest BCUT2D eigenvalue weighted by atomic mass is 16.5. The van der Waals surface area contributed by atoms with Crippen LogP contribution in [0.2, 0.25) is 0 Å². The first kappa shape index (κ1) is 16.5. The highest BCUT2D eigenvalue weighted by molar-refractivity contribution is 5.23. The maximum absolute atomic E-state index is 6.15. The van der Waals surface area contributed by atoms with Crippen molar-refractivity contribution in [2.45, 2.75) is 58.9 Å². The van der Waals surface area contributed by atoms with Crippen molar-refractivity contribution in [3.8, 4) is 0 Å². The summed E-state index contributed by atoms with van der Waals surface area (Å²) < 4.78 is 6.15. The minimum Gasteiger partial charge on any atom is -0.367 e. The van der Waals surface area contributed by atoms with Crippen molar-refractivity contribution in [1.29, 1.82) is 0 Å². The van der Waals surface area contributed by atoms with E-state index in [1.54, 1.807) is 0 Å². The van der Waals surface area contributed by atoms with Crippen LogP contribution in [0.3, 0.4) is 0 Å². The van der Waals surface area contributed by atoms with Crippen LogP contribution in [0.15, 0.2) is 24.3 Å². The molecule has 0 bridgehead atoms. The van der Waals surface area contributed by atoms with Crippen LogP contribution >= 0.6 is 0 Å². The summed E-state index contributed by atoms with van der Waals surface area (Å²) in [5.41, 5.74) is 2.59. The zero-order valence-electron chi connectivity index (χ0n) is 14.2. The Balaban J connectivity index is 2.03. The van der Waals surface area contributed by atoms with Crippen LogP contribution in [0.5, 0.6) is 0 Å². The number of benzene rings is 1. The molecule has 0 saturated carbocycles. The van der Waals surface area contributed by atoms with Crippen LogP contribution in [0.25, 0.3) is 0 Å². The van der Waals surface area contributed by atoms with Crippen LogP contribution in [-0.2, 0) is 17.8 Å². The van der Waals surface area contributed by atoms with Crippen molar-refractivity contribution in [1.82, 2.24) is 10.2 Å². The van der Waals surface area contributed by atoms with E-state index in [4.69, 9.17) is 4.74 Å². The number of hydrogen-bond acceptors (Lipinski definition) is 3. The van der Waals surface area contributed by atoms with Crippen molar-refractivity contribution in [2.75, 3.05) is 19.6 Å². The molecule has 0 unspecified atom stereocenters. The van der Waals surface area contributed by atoms with Crippen molar-refractivity contribution >= 4 is 0 Å². The van der Waals surface area contributed by atoms with E-state index in [2.05, 4.69) is 69.1 Å². The zero-order chi connectivity index (χ0) is 15.5. The van der Waals surface area contributed by atoms with Crippen molar-refractivity contribution in [3.05, 3.63) is 35.4 Å². The number of hydrogen-bond donors (Lipinski definition) is 1. The lowest BCUT2D eigenvalue weighted by Crippen LogP contribution is -2.56. The van der Waals surface area contributed by atoms with Crippen molar-refractivity contribution in [3.63, 3.8) is 0 Å². The quantitative estimate of drug-likeness (QED) is 0.901. The van der Waals surface area contributed by atoms with Gasteiger partial charge in [-0.15, -0.1) is 0 Å². The topological polar surface area (TPSA) is 24.5 Å². The predicted molar refractivity (Wildman–Crippen MR) is 88.3 cm³/mol. The Labute approximate surface area is 129 Å². The van der Waals surface area contributed by atoms with Crippen LogP contribution in [0.4, 0.5) is 0 Å². The first-order valence-electron chi connectivity index (χ1n) is 8.01. The van der Waals surface area contributed by atoms with Gasteiger partial charge in [0.15, 0.2) is 0 Å². The van der Waals surface area contributed by atoms with Gasteiger partial charge in [-0.3, -0.25) is 4.90 Å². The number of morpholine rings is 1. The first-order chi connectivity index (χ1) is 9.80. The van der Waals surface area contributed by atoms with E-state index in [9.17, 15) is 0 Å². The van der Waals surface area contributed by atoms with Gasteiger partial charge in [0.2, 0.25) is 0 Å². The molecule has 0 radical (unpaired) electrons. The highest BCUT2D eigenvalue weighted by Gasteiger charge is 2.37. The molecule has 1 heterocycles. The highest BCUT2D eigenvalue weighted by Crippen LogP contribution is 2.29. The Bertz CT molecular complexity index is 452. The molecule has 1 aliphatic rings. The van der Waals surface area contributed by atoms with Crippen LogP contribution in [0.1, 0.15) is 45.7 Å². The van der Waals surface area contributed by atoms with Crippen LogP contribution < -0.4 is 5.32 Å². The second-order valence-electron chi connectivity index (χ2n) is 7.37. The molecule has 1 N–H and O–H groups in total. The molecular formula is C18H30N2O. The summed E-state index contributed by atoms with van der Waals surface area (Å²) in [4.78, 5) is 2.51. The van der Waals surface area contributed by atoms with Gasteiger partial charge >= 0.3 is 0 Å². The third-order valence-electron chi connectivity index (χ3n) is 3.74.